The van der Waals surface area contributed by atoms with Gasteiger partial charge < -0.3 is 25.4 Å². The Hall–Kier alpha value is -3.39. The van der Waals surface area contributed by atoms with E-state index < -0.39 is 41.6 Å². The number of aromatic nitrogens is 4. The third kappa shape index (κ3) is 3.50. The van der Waals surface area contributed by atoms with Gasteiger partial charge in [-0.3, -0.25) is 24.5 Å². The van der Waals surface area contributed by atoms with Gasteiger partial charge in [0, 0.05) is 18.7 Å². The van der Waals surface area contributed by atoms with Gasteiger partial charge in [0.2, 0.25) is 5.95 Å². The molecule has 0 radical (unpaired) electrons. The molecular formula is C17H18N6O7. The molecular weight excluding hydrogens is 400 g/mol. The Morgan fingerprint density at radius 3 is 2.63 bits per heavy atom. The summed E-state index contributed by atoms with van der Waals surface area (Å²) in [5.41, 5.74) is 0.277. The maximum Gasteiger partial charge on any atom is 0.280 e. The predicted octanol–water partition coefficient (Wildman–Crippen LogP) is -0.749. The van der Waals surface area contributed by atoms with Gasteiger partial charge >= 0.3 is 0 Å². The molecule has 1 saturated heterocycles. The summed E-state index contributed by atoms with van der Waals surface area (Å²) >= 11 is 0. The highest BCUT2D eigenvalue weighted by Crippen LogP contribution is 2.30. The minimum atomic E-state index is -1.35. The number of imidazole rings is 1. The van der Waals surface area contributed by atoms with Crippen LogP contribution in [-0.4, -0.2) is 64.7 Å². The summed E-state index contributed by atoms with van der Waals surface area (Å²) in [4.78, 5) is 33.4. The topological polar surface area (TPSA) is 189 Å². The Balaban J connectivity index is 1.59. The van der Waals surface area contributed by atoms with E-state index in [4.69, 9.17) is 4.74 Å². The zero-order valence-corrected chi connectivity index (χ0v) is 15.4. The first kappa shape index (κ1) is 19.9. The first-order chi connectivity index (χ1) is 14.4. The van der Waals surface area contributed by atoms with Crippen LogP contribution in [0.1, 0.15) is 11.8 Å². The number of ether oxygens (including phenoxy) is 1. The van der Waals surface area contributed by atoms with Crippen molar-refractivity contribution in [2.24, 2.45) is 0 Å². The van der Waals surface area contributed by atoms with E-state index in [9.17, 15) is 30.2 Å². The molecule has 0 unspecified atom stereocenters. The van der Waals surface area contributed by atoms with Gasteiger partial charge in [0.15, 0.2) is 17.4 Å². The summed E-state index contributed by atoms with van der Waals surface area (Å²) in [6, 6.07) is 5.89. The van der Waals surface area contributed by atoms with Crippen LogP contribution in [0.2, 0.25) is 0 Å². The molecule has 3 heterocycles. The van der Waals surface area contributed by atoms with Crippen LogP contribution in [0.25, 0.3) is 11.2 Å². The molecule has 0 aliphatic carbocycles. The van der Waals surface area contributed by atoms with Crippen molar-refractivity contribution in [3.8, 4) is 0 Å². The quantitative estimate of drug-likeness (QED) is 0.252. The largest absolute Gasteiger partial charge is 0.394 e. The van der Waals surface area contributed by atoms with Crippen molar-refractivity contribution in [3.05, 3.63) is 56.6 Å². The molecule has 0 amide bonds. The summed E-state index contributed by atoms with van der Waals surface area (Å²) in [5, 5.41) is 43.1. The van der Waals surface area contributed by atoms with Crippen molar-refractivity contribution >= 4 is 22.8 Å². The van der Waals surface area contributed by atoms with Gasteiger partial charge in [-0.25, -0.2) is 4.98 Å². The molecule has 3 aromatic rings. The van der Waals surface area contributed by atoms with Crippen LogP contribution >= 0.6 is 0 Å². The summed E-state index contributed by atoms with van der Waals surface area (Å²) in [7, 11) is 0. The second-order valence-corrected chi connectivity index (χ2v) is 6.74. The Morgan fingerprint density at radius 1 is 1.27 bits per heavy atom. The molecule has 1 aliphatic rings. The fraction of sp³-hybridized carbons (Fsp3) is 0.353. The van der Waals surface area contributed by atoms with Crippen LogP contribution in [0.5, 0.6) is 0 Å². The molecule has 4 atom stereocenters. The summed E-state index contributed by atoms with van der Waals surface area (Å²) < 4.78 is 6.78. The third-order valence-corrected chi connectivity index (χ3v) is 4.83. The number of rotatable bonds is 6. The lowest BCUT2D eigenvalue weighted by molar-refractivity contribution is -0.384. The number of aliphatic hydroxyl groups excluding tert-OH is 3. The Kier molecular flexibility index (Phi) is 5.17. The van der Waals surface area contributed by atoms with E-state index in [1.165, 1.54) is 23.0 Å². The van der Waals surface area contributed by atoms with Crippen molar-refractivity contribution in [1.29, 1.82) is 0 Å². The number of aromatic amines is 1. The van der Waals surface area contributed by atoms with E-state index in [2.05, 4.69) is 20.3 Å². The molecule has 1 aromatic carbocycles. The van der Waals surface area contributed by atoms with Crippen LogP contribution < -0.4 is 10.9 Å². The number of H-pyrrole nitrogens is 1. The second-order valence-electron chi connectivity index (χ2n) is 6.74. The molecule has 30 heavy (non-hydrogen) atoms. The Morgan fingerprint density at radius 2 is 2.00 bits per heavy atom. The standard InChI is InChI=1S/C17H18N6O7/c24-6-10-12(25)13(26)16(30-10)22-7-19-11-14(22)20-17(21-15(11)27)18-5-8-1-3-9(4-2-8)23(28)29/h1-4,7,10,12-13,16,24-26H,5-6H2,(H2,18,20,21,27)/t10-,12-,13-,16-/m1/s1. The van der Waals surface area contributed by atoms with Gasteiger partial charge in [-0.15, -0.1) is 0 Å². The lowest BCUT2D eigenvalue weighted by atomic mass is 10.1. The zero-order valence-electron chi connectivity index (χ0n) is 15.4. The highest BCUT2D eigenvalue weighted by molar-refractivity contribution is 5.71. The number of hydrogen-bond donors (Lipinski definition) is 5. The van der Waals surface area contributed by atoms with Crippen LogP contribution in [0.4, 0.5) is 11.6 Å². The minimum absolute atomic E-state index is 0.00799. The maximum absolute atomic E-state index is 12.3. The number of anilines is 1. The number of nitrogens with zero attached hydrogens (tertiary/aromatic N) is 4. The van der Waals surface area contributed by atoms with E-state index in [1.807, 2.05) is 0 Å². The normalized spacial score (nSPS) is 23.7. The molecule has 1 aliphatic heterocycles. The third-order valence-electron chi connectivity index (χ3n) is 4.83. The number of aliphatic hydroxyl groups is 3. The summed E-state index contributed by atoms with van der Waals surface area (Å²) in [6.07, 6.45) is -3.47. The molecule has 13 nitrogen and oxygen atoms in total. The molecule has 1 fully saturated rings. The van der Waals surface area contributed by atoms with Gasteiger partial charge in [-0.05, 0) is 5.56 Å². The van der Waals surface area contributed by atoms with E-state index in [1.54, 1.807) is 12.1 Å². The molecule has 5 N–H and O–H groups in total. The highest BCUT2D eigenvalue weighted by Gasteiger charge is 2.44. The molecule has 13 heteroatoms. The molecule has 4 rings (SSSR count). The van der Waals surface area contributed by atoms with Crippen LogP contribution in [0, 0.1) is 10.1 Å². The first-order valence-electron chi connectivity index (χ1n) is 8.95. The van der Waals surface area contributed by atoms with Crippen LogP contribution in [-0.2, 0) is 11.3 Å². The van der Waals surface area contributed by atoms with Crippen molar-refractivity contribution in [2.75, 3.05) is 11.9 Å². The molecule has 0 bridgehead atoms. The van der Waals surface area contributed by atoms with Crippen molar-refractivity contribution in [2.45, 2.75) is 31.1 Å². The second kappa shape index (κ2) is 7.79. The number of benzene rings is 1. The summed E-state index contributed by atoms with van der Waals surface area (Å²) in [6.45, 7) is -0.258. The van der Waals surface area contributed by atoms with E-state index in [0.717, 1.165) is 5.56 Å². The SMILES string of the molecule is O=c1[nH]c(NCc2ccc([N+](=O)[O-])cc2)nc2c1ncn2[C@@H]1O[C@H](CO)[C@@H](O)[C@H]1O. The number of non-ortho nitro benzene ring substituents is 1. The average molecular weight is 418 g/mol. The van der Waals surface area contributed by atoms with Gasteiger partial charge in [-0.2, -0.15) is 4.98 Å². The number of nitrogens with one attached hydrogen (secondary N) is 2. The number of nitro benzene ring substituents is 1. The number of fused-ring (bicyclic) bond motifs is 1. The van der Waals surface area contributed by atoms with Crippen molar-refractivity contribution in [3.63, 3.8) is 0 Å². The van der Waals surface area contributed by atoms with Gasteiger partial charge in [0.25, 0.3) is 11.2 Å². The fourth-order valence-electron chi connectivity index (χ4n) is 3.23. The first-order valence-corrected chi connectivity index (χ1v) is 8.95. The smallest absolute Gasteiger partial charge is 0.280 e. The molecule has 158 valence electrons. The van der Waals surface area contributed by atoms with Gasteiger partial charge in [0.1, 0.15) is 18.3 Å². The van der Waals surface area contributed by atoms with Crippen molar-refractivity contribution in [1.82, 2.24) is 19.5 Å². The molecule has 2 aromatic heterocycles. The zero-order chi connectivity index (χ0) is 21.4. The van der Waals surface area contributed by atoms with Gasteiger partial charge in [0.05, 0.1) is 17.9 Å². The average Bonchev–Trinajstić information content (AvgIpc) is 3.28. The number of nitro groups is 1. The lowest BCUT2D eigenvalue weighted by Crippen LogP contribution is -2.33. The fourth-order valence-corrected chi connectivity index (χ4v) is 3.23. The van der Waals surface area contributed by atoms with E-state index >= 15 is 0 Å². The molecule has 0 spiro atoms. The van der Waals surface area contributed by atoms with Gasteiger partial charge in [-0.1, -0.05) is 12.1 Å². The van der Waals surface area contributed by atoms with Crippen molar-refractivity contribution < 1.29 is 25.0 Å². The Labute approximate surface area is 167 Å². The van der Waals surface area contributed by atoms with E-state index in [-0.39, 0.29) is 29.3 Å². The lowest BCUT2D eigenvalue weighted by Gasteiger charge is -2.16. The van der Waals surface area contributed by atoms with E-state index in [0.29, 0.717) is 0 Å². The molecule has 0 saturated carbocycles. The highest BCUT2D eigenvalue weighted by atomic mass is 16.6. The Bertz CT molecular complexity index is 1130. The van der Waals surface area contributed by atoms with Crippen LogP contribution in [0.3, 0.4) is 0 Å². The monoisotopic (exact) mass is 418 g/mol. The predicted molar refractivity (Wildman–Crippen MR) is 102 cm³/mol. The maximum atomic E-state index is 12.3. The minimum Gasteiger partial charge on any atom is -0.394 e. The summed E-state index contributed by atoms with van der Waals surface area (Å²) in [5.74, 6) is 0.111. The number of hydrogen-bond acceptors (Lipinski definition) is 10. The van der Waals surface area contributed by atoms with Crippen LogP contribution in [0.15, 0.2) is 35.4 Å².